The number of aromatic amines is 1. The number of nitrogens with one attached hydrogen (secondary N) is 3. The Balaban J connectivity index is 1.41. The smallest absolute Gasteiger partial charge is 0.255 e. The second-order valence-electron chi connectivity index (χ2n) is 9.06. The van der Waals surface area contributed by atoms with E-state index in [-0.39, 0.29) is 5.91 Å². The third-order valence-corrected chi connectivity index (χ3v) is 7.51. The van der Waals surface area contributed by atoms with Gasteiger partial charge >= 0.3 is 0 Å². The number of nitrogens with zero attached hydrogens (tertiary/aromatic N) is 3. The van der Waals surface area contributed by atoms with Gasteiger partial charge in [-0.3, -0.25) is 4.79 Å². The number of rotatable bonds is 6. The lowest BCUT2D eigenvalue weighted by molar-refractivity contribution is -0.113. The number of fused-ring (bicyclic) bond motifs is 2. The van der Waals surface area contributed by atoms with Crippen LogP contribution in [0.4, 0.5) is 11.6 Å². The van der Waals surface area contributed by atoms with Crippen LogP contribution in [0, 0.1) is 6.92 Å². The van der Waals surface area contributed by atoms with Crippen LogP contribution in [-0.4, -0.2) is 25.7 Å². The minimum atomic E-state index is -0.449. The molecule has 3 aromatic carbocycles. The van der Waals surface area contributed by atoms with Gasteiger partial charge in [0.05, 0.1) is 5.57 Å². The molecule has 0 saturated heterocycles. The van der Waals surface area contributed by atoms with E-state index in [0.29, 0.717) is 16.7 Å². The van der Waals surface area contributed by atoms with Gasteiger partial charge in [0.1, 0.15) is 6.04 Å². The highest BCUT2D eigenvalue weighted by Gasteiger charge is 2.35. The quantitative estimate of drug-likeness (QED) is 0.236. The fourth-order valence-corrected chi connectivity index (χ4v) is 5.50. The monoisotopic (exact) mass is 506 g/mol. The molecule has 184 valence electrons. The molecule has 0 spiro atoms. The van der Waals surface area contributed by atoms with Gasteiger partial charge < -0.3 is 15.6 Å². The Morgan fingerprint density at radius 1 is 1.00 bits per heavy atom. The highest BCUT2D eigenvalue weighted by Crippen LogP contribution is 2.39. The van der Waals surface area contributed by atoms with Crippen molar-refractivity contribution in [1.82, 2.24) is 19.7 Å². The Kier molecular flexibility index (Phi) is 6.02. The SMILES string of the molecule is CC1=C(C(=O)Nc2ccccc2C)C(c2c[nH]c3ccccc23)n2nc(SCc3ccccc3)nc2N1. The van der Waals surface area contributed by atoms with Gasteiger partial charge in [-0.25, -0.2) is 4.68 Å². The summed E-state index contributed by atoms with van der Waals surface area (Å²) in [6.45, 7) is 3.91. The number of hydrogen-bond donors (Lipinski definition) is 3. The van der Waals surface area contributed by atoms with Crippen LogP contribution in [0.2, 0.25) is 0 Å². The minimum Gasteiger partial charge on any atom is -0.361 e. The Hall–Kier alpha value is -4.30. The Morgan fingerprint density at radius 3 is 2.59 bits per heavy atom. The molecular formula is C29H26N6OS. The van der Waals surface area contributed by atoms with Gasteiger partial charge in [0.15, 0.2) is 0 Å². The molecule has 5 aromatic rings. The lowest BCUT2D eigenvalue weighted by atomic mass is 9.94. The van der Waals surface area contributed by atoms with Gasteiger partial charge in [-0.1, -0.05) is 78.5 Å². The zero-order valence-electron chi connectivity index (χ0n) is 20.5. The summed E-state index contributed by atoms with van der Waals surface area (Å²) in [7, 11) is 0. The minimum absolute atomic E-state index is 0.172. The summed E-state index contributed by atoms with van der Waals surface area (Å²) in [5.74, 6) is 1.21. The van der Waals surface area contributed by atoms with Gasteiger partial charge in [-0.05, 0) is 37.1 Å². The highest BCUT2D eigenvalue weighted by molar-refractivity contribution is 7.98. The van der Waals surface area contributed by atoms with Crippen LogP contribution in [0.15, 0.2) is 101 Å². The van der Waals surface area contributed by atoms with E-state index in [0.717, 1.165) is 39.2 Å². The summed E-state index contributed by atoms with van der Waals surface area (Å²) in [6.07, 6.45) is 1.97. The topological polar surface area (TPSA) is 87.6 Å². The molecule has 1 aliphatic heterocycles. The lowest BCUT2D eigenvalue weighted by Gasteiger charge is -2.28. The Morgan fingerprint density at radius 2 is 1.76 bits per heavy atom. The first-order valence-corrected chi connectivity index (χ1v) is 13.1. The highest BCUT2D eigenvalue weighted by atomic mass is 32.2. The lowest BCUT2D eigenvalue weighted by Crippen LogP contribution is -2.31. The number of hydrogen-bond acceptors (Lipinski definition) is 5. The van der Waals surface area contributed by atoms with Gasteiger partial charge in [0, 0.05) is 39.8 Å². The molecule has 0 bridgehead atoms. The number of carbonyl (C=O) groups excluding carboxylic acids is 1. The van der Waals surface area contributed by atoms with Crippen molar-refractivity contribution < 1.29 is 4.79 Å². The maximum absolute atomic E-state index is 13.8. The fraction of sp³-hybridized carbons (Fsp3) is 0.138. The van der Waals surface area contributed by atoms with E-state index in [1.165, 1.54) is 5.56 Å². The number of amides is 1. The summed E-state index contributed by atoms with van der Waals surface area (Å²) < 4.78 is 1.84. The molecule has 0 saturated carbocycles. The summed E-state index contributed by atoms with van der Waals surface area (Å²) in [6, 6.07) is 25.7. The number of para-hydroxylation sites is 2. The molecule has 1 aliphatic rings. The summed E-state index contributed by atoms with van der Waals surface area (Å²) in [4.78, 5) is 22.0. The molecule has 3 heterocycles. The van der Waals surface area contributed by atoms with E-state index in [9.17, 15) is 4.79 Å². The van der Waals surface area contributed by atoms with Crippen molar-refractivity contribution in [2.75, 3.05) is 10.6 Å². The first-order chi connectivity index (χ1) is 18.1. The number of thioether (sulfide) groups is 1. The average Bonchev–Trinajstić information content (AvgIpc) is 3.52. The van der Waals surface area contributed by atoms with Crippen molar-refractivity contribution in [3.8, 4) is 0 Å². The molecule has 37 heavy (non-hydrogen) atoms. The molecular weight excluding hydrogens is 480 g/mol. The maximum atomic E-state index is 13.8. The number of H-pyrrole nitrogens is 1. The maximum Gasteiger partial charge on any atom is 0.255 e. The van der Waals surface area contributed by atoms with E-state index in [1.54, 1.807) is 11.8 Å². The first kappa shape index (κ1) is 23.1. The summed E-state index contributed by atoms with van der Waals surface area (Å²) >= 11 is 1.58. The van der Waals surface area contributed by atoms with Crippen LogP contribution in [0.25, 0.3) is 10.9 Å². The molecule has 0 radical (unpaired) electrons. The van der Waals surface area contributed by atoms with E-state index in [2.05, 4.69) is 33.8 Å². The Bertz CT molecular complexity index is 1630. The zero-order valence-corrected chi connectivity index (χ0v) is 21.3. The molecule has 1 unspecified atom stereocenters. The number of anilines is 2. The van der Waals surface area contributed by atoms with Crippen molar-refractivity contribution in [2.24, 2.45) is 0 Å². The molecule has 0 aliphatic carbocycles. The van der Waals surface area contributed by atoms with Crippen LogP contribution in [0.3, 0.4) is 0 Å². The first-order valence-electron chi connectivity index (χ1n) is 12.1. The van der Waals surface area contributed by atoms with E-state index < -0.39 is 6.04 Å². The number of aromatic nitrogens is 4. The molecule has 7 nitrogen and oxygen atoms in total. The molecule has 3 N–H and O–H groups in total. The fourth-order valence-electron chi connectivity index (χ4n) is 4.72. The summed E-state index contributed by atoms with van der Waals surface area (Å²) in [5.41, 5.74) is 6.32. The van der Waals surface area contributed by atoms with Crippen molar-refractivity contribution in [3.05, 3.63) is 113 Å². The molecule has 2 aromatic heterocycles. The van der Waals surface area contributed by atoms with Crippen molar-refractivity contribution >= 4 is 40.2 Å². The van der Waals surface area contributed by atoms with E-state index >= 15 is 0 Å². The Labute approximate surface area is 219 Å². The number of benzene rings is 3. The largest absolute Gasteiger partial charge is 0.361 e. The molecule has 1 atom stereocenters. The second kappa shape index (κ2) is 9.63. The molecule has 8 heteroatoms. The van der Waals surface area contributed by atoms with Crippen LogP contribution in [0.1, 0.15) is 29.7 Å². The molecule has 0 fully saturated rings. The van der Waals surface area contributed by atoms with Crippen molar-refractivity contribution in [3.63, 3.8) is 0 Å². The van der Waals surface area contributed by atoms with E-state index in [4.69, 9.17) is 10.1 Å². The van der Waals surface area contributed by atoms with Gasteiger partial charge in [0.25, 0.3) is 5.91 Å². The van der Waals surface area contributed by atoms with Crippen molar-refractivity contribution in [2.45, 2.75) is 30.8 Å². The number of aryl methyl sites for hydroxylation is 1. The van der Waals surface area contributed by atoms with Crippen LogP contribution < -0.4 is 10.6 Å². The predicted molar refractivity (Wildman–Crippen MR) is 149 cm³/mol. The van der Waals surface area contributed by atoms with Gasteiger partial charge in [-0.15, -0.1) is 5.10 Å². The second-order valence-corrected chi connectivity index (χ2v) is 10.0. The zero-order chi connectivity index (χ0) is 25.4. The average molecular weight is 507 g/mol. The van der Waals surface area contributed by atoms with Crippen LogP contribution >= 0.6 is 11.8 Å². The molecule has 6 rings (SSSR count). The van der Waals surface area contributed by atoms with Gasteiger partial charge in [0.2, 0.25) is 11.1 Å². The van der Waals surface area contributed by atoms with Crippen LogP contribution in [0.5, 0.6) is 0 Å². The summed E-state index contributed by atoms with van der Waals surface area (Å²) in [5, 5.41) is 13.0. The third-order valence-electron chi connectivity index (χ3n) is 6.60. The third kappa shape index (κ3) is 4.40. The predicted octanol–water partition coefficient (Wildman–Crippen LogP) is 6.29. The number of carbonyl (C=O) groups is 1. The van der Waals surface area contributed by atoms with Crippen molar-refractivity contribution in [1.29, 1.82) is 0 Å². The normalized spacial score (nSPS) is 14.9. The standard InChI is InChI=1S/C29H26N6OS/c1-18-10-6-8-14-23(18)32-27(36)25-19(2)31-28-33-29(37-17-20-11-4-3-5-12-20)34-35(28)26(25)22-16-30-24-15-9-7-13-21(22)24/h3-16,26,30H,17H2,1-2H3,(H,32,36)(H,31,33,34). The van der Waals surface area contributed by atoms with E-state index in [1.807, 2.05) is 85.4 Å². The van der Waals surface area contributed by atoms with Gasteiger partial charge in [-0.2, -0.15) is 4.98 Å². The number of allylic oxidation sites excluding steroid dienone is 1. The molecule has 1 amide bonds. The van der Waals surface area contributed by atoms with Crippen LogP contribution in [-0.2, 0) is 10.5 Å².